The number of carbonyl (C=O) groups is 1. The molecule has 1 aliphatic heterocycles. The largest absolute Gasteiger partial charge is 0.326 e. The van der Waals surface area contributed by atoms with Gasteiger partial charge in [0.25, 0.3) is 10.0 Å². The molecule has 2 aromatic carbocycles. The number of pyridine rings is 1. The van der Waals surface area contributed by atoms with Crippen molar-refractivity contribution < 1.29 is 21.6 Å². The molecule has 1 amide bonds. The van der Waals surface area contributed by atoms with E-state index in [9.17, 15) is 21.6 Å². The standard InChI is InChI=1S/C24H25ClN4O5S2/c25-20-5-3-4-18(16-20)17-35(31,32)29-14-11-19(12-15-29)24(30)27-21-7-9-22(10-8-21)36(33,34)28-23-6-1-2-13-26-23/h1-10,13,16,19H,11-12,14-15,17H2,(H,26,28)(H,27,30). The van der Waals surface area contributed by atoms with Gasteiger partial charge in [0.15, 0.2) is 0 Å². The van der Waals surface area contributed by atoms with Crippen LogP contribution in [0.3, 0.4) is 0 Å². The van der Waals surface area contributed by atoms with E-state index in [1.54, 1.807) is 42.5 Å². The molecule has 190 valence electrons. The van der Waals surface area contributed by atoms with Crippen LogP contribution in [0.1, 0.15) is 18.4 Å². The number of halogens is 1. The van der Waals surface area contributed by atoms with Gasteiger partial charge in [-0.05, 0) is 66.9 Å². The van der Waals surface area contributed by atoms with Gasteiger partial charge in [0.2, 0.25) is 15.9 Å². The van der Waals surface area contributed by atoms with Gasteiger partial charge in [0.05, 0.1) is 10.6 Å². The summed E-state index contributed by atoms with van der Waals surface area (Å²) in [6, 6.07) is 17.4. The zero-order chi connectivity index (χ0) is 25.8. The second kappa shape index (κ2) is 11.0. The van der Waals surface area contributed by atoms with E-state index in [1.165, 1.54) is 34.8 Å². The molecule has 2 heterocycles. The van der Waals surface area contributed by atoms with Gasteiger partial charge in [-0.3, -0.25) is 9.52 Å². The van der Waals surface area contributed by atoms with Crippen molar-refractivity contribution in [3.05, 3.63) is 83.5 Å². The molecule has 9 nitrogen and oxygen atoms in total. The lowest BCUT2D eigenvalue weighted by molar-refractivity contribution is -0.120. The first kappa shape index (κ1) is 26.1. The molecular formula is C24H25ClN4O5S2. The molecule has 1 aromatic heterocycles. The first-order valence-electron chi connectivity index (χ1n) is 11.2. The molecule has 2 N–H and O–H groups in total. The zero-order valence-corrected chi connectivity index (χ0v) is 21.6. The summed E-state index contributed by atoms with van der Waals surface area (Å²) in [5.41, 5.74) is 1.07. The molecule has 0 unspecified atom stereocenters. The number of hydrogen-bond acceptors (Lipinski definition) is 6. The molecular weight excluding hydrogens is 524 g/mol. The van der Waals surface area contributed by atoms with Crippen LogP contribution in [0.5, 0.6) is 0 Å². The molecule has 0 saturated carbocycles. The Morgan fingerprint density at radius 3 is 2.33 bits per heavy atom. The van der Waals surface area contributed by atoms with Crippen LogP contribution in [-0.2, 0) is 30.6 Å². The van der Waals surface area contributed by atoms with Gasteiger partial charge in [-0.25, -0.2) is 26.1 Å². The van der Waals surface area contributed by atoms with E-state index < -0.39 is 20.0 Å². The lowest BCUT2D eigenvalue weighted by Crippen LogP contribution is -2.41. The fourth-order valence-corrected chi connectivity index (χ4v) is 6.68. The van der Waals surface area contributed by atoms with E-state index in [4.69, 9.17) is 11.6 Å². The lowest BCUT2D eigenvalue weighted by atomic mass is 9.97. The van der Waals surface area contributed by atoms with Crippen LogP contribution in [0.25, 0.3) is 0 Å². The molecule has 1 saturated heterocycles. The van der Waals surface area contributed by atoms with Crippen molar-refractivity contribution in [2.75, 3.05) is 23.1 Å². The van der Waals surface area contributed by atoms with Gasteiger partial charge >= 0.3 is 0 Å². The number of nitrogens with zero attached hydrogens (tertiary/aromatic N) is 2. The second-order valence-corrected chi connectivity index (χ2v) is 12.5. The predicted octanol–water partition coefficient (Wildman–Crippen LogP) is 3.72. The van der Waals surface area contributed by atoms with Crippen molar-refractivity contribution >= 4 is 49.1 Å². The van der Waals surface area contributed by atoms with Crippen molar-refractivity contribution in [2.45, 2.75) is 23.5 Å². The smallest absolute Gasteiger partial charge is 0.263 e. The zero-order valence-electron chi connectivity index (χ0n) is 19.2. The maximum atomic E-state index is 12.8. The van der Waals surface area contributed by atoms with Crippen molar-refractivity contribution in [3.63, 3.8) is 0 Å². The number of piperidine rings is 1. The van der Waals surface area contributed by atoms with Crippen molar-refractivity contribution in [1.29, 1.82) is 0 Å². The summed E-state index contributed by atoms with van der Waals surface area (Å²) in [5.74, 6) is -0.522. The first-order valence-corrected chi connectivity index (χ1v) is 14.7. The van der Waals surface area contributed by atoms with Crippen LogP contribution in [0.4, 0.5) is 11.5 Å². The van der Waals surface area contributed by atoms with Crippen LogP contribution in [0, 0.1) is 5.92 Å². The Morgan fingerprint density at radius 2 is 1.69 bits per heavy atom. The van der Waals surface area contributed by atoms with Gasteiger partial charge in [-0.15, -0.1) is 0 Å². The van der Waals surface area contributed by atoms with Crippen LogP contribution >= 0.6 is 11.6 Å². The molecule has 0 bridgehead atoms. The average Bonchev–Trinajstić information content (AvgIpc) is 2.84. The molecule has 4 rings (SSSR count). The molecule has 0 aliphatic carbocycles. The molecule has 0 radical (unpaired) electrons. The monoisotopic (exact) mass is 548 g/mol. The van der Waals surface area contributed by atoms with Crippen LogP contribution in [0.15, 0.2) is 77.8 Å². The molecule has 36 heavy (non-hydrogen) atoms. The van der Waals surface area contributed by atoms with Crippen LogP contribution < -0.4 is 10.0 Å². The Hall–Kier alpha value is -2.99. The topological polar surface area (TPSA) is 126 Å². The second-order valence-electron chi connectivity index (χ2n) is 8.39. The highest BCUT2D eigenvalue weighted by Gasteiger charge is 2.31. The van der Waals surface area contributed by atoms with Gasteiger partial charge in [-0.2, -0.15) is 0 Å². The summed E-state index contributed by atoms with van der Waals surface area (Å²) in [7, 11) is -7.35. The first-order chi connectivity index (χ1) is 17.1. The minimum atomic E-state index is -3.82. The van der Waals surface area contributed by atoms with E-state index in [1.807, 2.05) is 0 Å². The molecule has 1 aliphatic rings. The Labute approximate surface area is 215 Å². The average molecular weight is 549 g/mol. The summed E-state index contributed by atoms with van der Waals surface area (Å²) < 4.78 is 54.4. The van der Waals surface area contributed by atoms with E-state index in [0.717, 1.165) is 0 Å². The third-order valence-electron chi connectivity index (χ3n) is 5.79. The van der Waals surface area contributed by atoms with Crippen LogP contribution in [-0.4, -0.2) is 45.1 Å². The van der Waals surface area contributed by atoms with Crippen molar-refractivity contribution in [2.24, 2.45) is 5.92 Å². The Balaban J connectivity index is 1.31. The fourth-order valence-electron chi connectivity index (χ4n) is 3.91. The number of nitrogens with one attached hydrogen (secondary N) is 2. The number of rotatable bonds is 8. The molecule has 3 aromatic rings. The number of benzene rings is 2. The third kappa shape index (κ3) is 6.61. The molecule has 0 atom stereocenters. The van der Waals surface area contributed by atoms with Gasteiger partial charge in [0, 0.05) is 35.9 Å². The minimum absolute atomic E-state index is 0.0318. The fraction of sp³-hybridized carbons (Fsp3) is 0.250. The highest BCUT2D eigenvalue weighted by Crippen LogP contribution is 2.24. The SMILES string of the molecule is O=C(Nc1ccc(S(=O)(=O)Nc2ccccn2)cc1)C1CCN(S(=O)(=O)Cc2cccc(Cl)c2)CC1. The Bertz CT molecular complexity index is 1420. The maximum Gasteiger partial charge on any atom is 0.263 e. The Kier molecular flexibility index (Phi) is 7.94. The summed E-state index contributed by atoms with van der Waals surface area (Å²) >= 11 is 5.96. The van der Waals surface area contributed by atoms with Gasteiger partial charge in [-0.1, -0.05) is 29.8 Å². The summed E-state index contributed by atoms with van der Waals surface area (Å²) in [6.45, 7) is 0.495. The molecule has 1 fully saturated rings. The molecule has 12 heteroatoms. The van der Waals surface area contributed by atoms with E-state index in [0.29, 0.717) is 29.1 Å². The predicted molar refractivity (Wildman–Crippen MR) is 138 cm³/mol. The summed E-state index contributed by atoms with van der Waals surface area (Å²) in [4.78, 5) is 16.7. The van der Waals surface area contributed by atoms with Crippen molar-refractivity contribution in [1.82, 2.24) is 9.29 Å². The Morgan fingerprint density at radius 1 is 0.972 bits per heavy atom. The normalized spacial score (nSPS) is 15.4. The highest BCUT2D eigenvalue weighted by molar-refractivity contribution is 7.92. The van der Waals surface area contributed by atoms with Crippen molar-refractivity contribution in [3.8, 4) is 0 Å². The minimum Gasteiger partial charge on any atom is -0.326 e. The van der Waals surface area contributed by atoms with E-state index >= 15 is 0 Å². The third-order valence-corrected chi connectivity index (χ3v) is 9.25. The van der Waals surface area contributed by atoms with E-state index in [-0.39, 0.29) is 41.4 Å². The summed E-state index contributed by atoms with van der Waals surface area (Å²) in [5, 5.41) is 3.27. The number of aromatic nitrogens is 1. The lowest BCUT2D eigenvalue weighted by Gasteiger charge is -2.30. The number of amides is 1. The summed E-state index contributed by atoms with van der Waals surface area (Å²) in [6.07, 6.45) is 2.26. The van der Waals surface area contributed by atoms with E-state index in [2.05, 4.69) is 15.0 Å². The maximum absolute atomic E-state index is 12.8. The quantitative estimate of drug-likeness (QED) is 0.442. The molecule has 0 spiro atoms. The number of anilines is 2. The number of carbonyl (C=O) groups excluding carboxylic acids is 1. The van der Waals surface area contributed by atoms with Gasteiger partial charge in [0.1, 0.15) is 5.82 Å². The number of sulfonamides is 2. The highest BCUT2D eigenvalue weighted by atomic mass is 35.5. The van der Waals surface area contributed by atoms with Crippen LogP contribution in [0.2, 0.25) is 5.02 Å². The van der Waals surface area contributed by atoms with Gasteiger partial charge < -0.3 is 5.32 Å². The number of hydrogen-bond donors (Lipinski definition) is 2.